The van der Waals surface area contributed by atoms with E-state index in [2.05, 4.69) is 0 Å². The van der Waals surface area contributed by atoms with E-state index in [1.54, 1.807) is 0 Å². The lowest BCUT2D eigenvalue weighted by Gasteiger charge is -2.18. The maximum Gasteiger partial charge on any atom is 0.335 e. The smallest absolute Gasteiger partial charge is 0.335 e. The highest BCUT2D eigenvalue weighted by molar-refractivity contribution is 6.35. The number of ether oxygens (including phenoxy) is 2. The summed E-state index contributed by atoms with van der Waals surface area (Å²) in [5, 5.41) is 20.8. The minimum atomic E-state index is -1.38. The third-order valence-corrected chi connectivity index (χ3v) is 3.85. The fraction of sp³-hybridized carbons (Fsp3) is 0.118. The van der Waals surface area contributed by atoms with Crippen molar-refractivity contribution in [3.8, 4) is 17.2 Å². The number of rotatable bonds is 4. The number of methoxy groups -OCH3 is 2. The van der Waals surface area contributed by atoms with E-state index in [1.807, 2.05) is 0 Å². The first kappa shape index (κ1) is 16.3. The first-order valence-corrected chi connectivity index (χ1v) is 7.08. The van der Waals surface area contributed by atoms with Gasteiger partial charge in [-0.3, -0.25) is 9.59 Å². The molecule has 0 unspecified atom stereocenters. The molecule has 0 atom stereocenters. The predicted molar refractivity (Wildman–Crippen MR) is 83.5 cm³/mol. The number of nitrogens with zero attached hydrogens (tertiary/aromatic N) is 1. The minimum Gasteiger partial charge on any atom is -0.872 e. The summed E-state index contributed by atoms with van der Waals surface area (Å²) in [7, 11) is 2.74. The summed E-state index contributed by atoms with van der Waals surface area (Å²) in [6.45, 7) is 0. The Morgan fingerprint density at radius 2 is 1.80 bits per heavy atom. The van der Waals surface area contributed by atoms with Crippen molar-refractivity contribution in [2.45, 2.75) is 0 Å². The van der Waals surface area contributed by atoms with Gasteiger partial charge >= 0.3 is 5.97 Å². The van der Waals surface area contributed by atoms with Crippen molar-refractivity contribution in [1.29, 1.82) is 0 Å². The number of carboxylic acid groups (broad SMARTS) is 1. The van der Waals surface area contributed by atoms with Gasteiger partial charge in [-0.2, -0.15) is 0 Å². The van der Waals surface area contributed by atoms with E-state index in [1.165, 1.54) is 32.4 Å². The summed E-state index contributed by atoms with van der Waals surface area (Å²) in [4.78, 5) is 37.1. The molecule has 0 radical (unpaired) electrons. The molecule has 8 heteroatoms. The topological polar surface area (TPSA) is 116 Å². The third-order valence-electron chi connectivity index (χ3n) is 3.85. The first-order valence-electron chi connectivity index (χ1n) is 7.08. The molecule has 0 bridgehead atoms. The van der Waals surface area contributed by atoms with Gasteiger partial charge in [-0.1, -0.05) is 5.75 Å². The van der Waals surface area contributed by atoms with Gasteiger partial charge in [0.15, 0.2) is 11.5 Å². The SMILES string of the molecule is COc1ccc2c(c1OC)C(=O)N(c1ccc(C(=O)O)c([O-])c1)C2=O. The number of benzene rings is 2. The van der Waals surface area contributed by atoms with Crippen LogP contribution in [-0.4, -0.2) is 37.1 Å². The Morgan fingerprint density at radius 3 is 2.36 bits per heavy atom. The molecule has 0 aliphatic carbocycles. The molecular weight excluding hydrogens is 330 g/mol. The maximum atomic E-state index is 12.7. The molecule has 0 spiro atoms. The van der Waals surface area contributed by atoms with Gasteiger partial charge in [-0.15, -0.1) is 0 Å². The largest absolute Gasteiger partial charge is 0.872 e. The zero-order valence-electron chi connectivity index (χ0n) is 13.2. The monoisotopic (exact) mass is 342 g/mol. The molecule has 0 fully saturated rings. The van der Waals surface area contributed by atoms with Crippen LogP contribution in [0.1, 0.15) is 31.1 Å². The first-order chi connectivity index (χ1) is 11.9. The number of fused-ring (bicyclic) bond motifs is 1. The third kappa shape index (κ3) is 2.35. The van der Waals surface area contributed by atoms with Crippen molar-refractivity contribution in [3.63, 3.8) is 0 Å². The highest BCUT2D eigenvalue weighted by Gasteiger charge is 2.40. The molecule has 0 saturated carbocycles. The second-order valence-corrected chi connectivity index (χ2v) is 5.15. The number of anilines is 1. The lowest BCUT2D eigenvalue weighted by atomic mass is 10.1. The summed E-state index contributed by atoms with van der Waals surface area (Å²) in [5.41, 5.74) is -0.319. The number of carboxylic acids is 1. The summed E-state index contributed by atoms with van der Waals surface area (Å²) < 4.78 is 10.3. The molecule has 1 aliphatic rings. The van der Waals surface area contributed by atoms with E-state index in [9.17, 15) is 19.5 Å². The van der Waals surface area contributed by atoms with Crippen LogP contribution in [0.3, 0.4) is 0 Å². The Bertz CT molecular complexity index is 919. The van der Waals surface area contributed by atoms with Crippen LogP contribution < -0.4 is 19.5 Å². The molecule has 128 valence electrons. The van der Waals surface area contributed by atoms with E-state index >= 15 is 0 Å². The zero-order valence-corrected chi connectivity index (χ0v) is 13.2. The second kappa shape index (κ2) is 5.82. The molecule has 2 amide bonds. The second-order valence-electron chi connectivity index (χ2n) is 5.15. The number of imide groups is 1. The molecule has 25 heavy (non-hydrogen) atoms. The molecule has 2 aromatic rings. The molecule has 3 rings (SSSR count). The fourth-order valence-corrected chi connectivity index (χ4v) is 2.70. The predicted octanol–water partition coefficient (Wildman–Crippen LogP) is 1.28. The van der Waals surface area contributed by atoms with Crippen LogP contribution in [0.15, 0.2) is 30.3 Å². The lowest BCUT2D eigenvalue weighted by molar-refractivity contribution is -0.268. The summed E-state index contributed by atoms with van der Waals surface area (Å²) in [6.07, 6.45) is 0. The lowest BCUT2D eigenvalue weighted by Crippen LogP contribution is -2.29. The maximum absolute atomic E-state index is 12.7. The average molecular weight is 342 g/mol. The van der Waals surface area contributed by atoms with E-state index < -0.39 is 29.1 Å². The Labute approximate surface area is 141 Å². The molecule has 1 heterocycles. The van der Waals surface area contributed by atoms with Crippen LogP contribution >= 0.6 is 0 Å². The van der Waals surface area contributed by atoms with Crippen molar-refractivity contribution in [2.75, 3.05) is 19.1 Å². The molecule has 2 aromatic carbocycles. The van der Waals surface area contributed by atoms with E-state index in [4.69, 9.17) is 14.6 Å². The van der Waals surface area contributed by atoms with Crippen molar-refractivity contribution in [2.24, 2.45) is 0 Å². The highest BCUT2D eigenvalue weighted by Crippen LogP contribution is 2.40. The number of hydrogen-bond acceptors (Lipinski definition) is 6. The van der Waals surface area contributed by atoms with Gasteiger partial charge in [-0.25, -0.2) is 9.69 Å². The number of carbonyl (C=O) groups is 3. The van der Waals surface area contributed by atoms with Crippen LogP contribution in [0.4, 0.5) is 5.69 Å². The van der Waals surface area contributed by atoms with E-state index in [-0.39, 0.29) is 28.3 Å². The number of carbonyl (C=O) groups excluding carboxylic acids is 2. The Kier molecular flexibility index (Phi) is 3.80. The van der Waals surface area contributed by atoms with E-state index in [0.717, 1.165) is 17.0 Å². The highest BCUT2D eigenvalue weighted by atomic mass is 16.5. The van der Waals surface area contributed by atoms with Gasteiger partial charge in [0, 0.05) is 0 Å². The van der Waals surface area contributed by atoms with Crippen LogP contribution in [0.2, 0.25) is 0 Å². The van der Waals surface area contributed by atoms with Gasteiger partial charge in [-0.05, 0) is 30.3 Å². The van der Waals surface area contributed by atoms with Gasteiger partial charge in [0.05, 0.1) is 36.6 Å². The van der Waals surface area contributed by atoms with Gasteiger partial charge in [0.1, 0.15) is 0 Å². The van der Waals surface area contributed by atoms with Crippen molar-refractivity contribution in [1.82, 2.24) is 0 Å². The van der Waals surface area contributed by atoms with Gasteiger partial charge in [0.25, 0.3) is 11.8 Å². The normalized spacial score (nSPS) is 13.0. The number of aromatic carboxylic acids is 1. The van der Waals surface area contributed by atoms with Gasteiger partial charge in [0.2, 0.25) is 0 Å². The molecule has 0 saturated heterocycles. The van der Waals surface area contributed by atoms with Crippen molar-refractivity contribution >= 4 is 23.5 Å². The van der Waals surface area contributed by atoms with Crippen LogP contribution in [0, 0.1) is 0 Å². The summed E-state index contributed by atoms with van der Waals surface area (Å²) in [6, 6.07) is 6.16. The Hall–Kier alpha value is -3.55. The van der Waals surface area contributed by atoms with Crippen LogP contribution in [-0.2, 0) is 0 Å². The zero-order chi connectivity index (χ0) is 18.3. The quantitative estimate of drug-likeness (QED) is 0.832. The van der Waals surface area contributed by atoms with Gasteiger partial charge < -0.3 is 19.7 Å². The Balaban J connectivity index is 2.12. The molecule has 8 nitrogen and oxygen atoms in total. The fourth-order valence-electron chi connectivity index (χ4n) is 2.70. The number of amides is 2. The summed E-state index contributed by atoms with van der Waals surface area (Å²) >= 11 is 0. The average Bonchev–Trinajstić information content (AvgIpc) is 2.84. The van der Waals surface area contributed by atoms with Crippen LogP contribution in [0.25, 0.3) is 0 Å². The minimum absolute atomic E-state index is 0.0118. The van der Waals surface area contributed by atoms with Crippen molar-refractivity contribution in [3.05, 3.63) is 47.0 Å². The van der Waals surface area contributed by atoms with Crippen LogP contribution in [0.5, 0.6) is 17.2 Å². The molecular formula is C17H12NO7-. The number of hydrogen-bond donors (Lipinski definition) is 1. The Morgan fingerprint density at radius 1 is 1.08 bits per heavy atom. The standard InChI is InChI=1S/C17H13NO7/c1-24-12-6-5-10-13(14(12)25-2)16(21)18(15(10)20)8-3-4-9(17(22)23)11(19)7-8/h3-7,19H,1-2H3,(H,22,23)/p-1. The molecule has 0 aromatic heterocycles. The molecule has 1 N–H and O–H groups in total. The van der Waals surface area contributed by atoms with Crippen molar-refractivity contribution < 1.29 is 34.1 Å². The molecule has 1 aliphatic heterocycles. The summed E-state index contributed by atoms with van der Waals surface area (Å²) in [5.74, 6) is -3.10. The van der Waals surface area contributed by atoms with E-state index in [0.29, 0.717) is 0 Å².